The Balaban J connectivity index is 2.42. The van der Waals surface area contributed by atoms with Gasteiger partial charge in [0, 0.05) is 0 Å². The lowest BCUT2D eigenvalue weighted by Crippen LogP contribution is -2.58. The number of alkyl halides is 1. The van der Waals surface area contributed by atoms with E-state index in [4.69, 9.17) is 10.8 Å². The molecule has 0 bridgehead atoms. The Bertz CT molecular complexity index is 154. The number of rotatable bonds is 2. The van der Waals surface area contributed by atoms with E-state index in [1.807, 2.05) is 0 Å². The van der Waals surface area contributed by atoms with Gasteiger partial charge in [-0.1, -0.05) is 0 Å². The summed E-state index contributed by atoms with van der Waals surface area (Å²) in [6.45, 7) is -0.452. The lowest BCUT2D eigenvalue weighted by Gasteiger charge is -2.39. The molecule has 10 heavy (non-hydrogen) atoms. The highest BCUT2D eigenvalue weighted by atomic mass is 19.1. The van der Waals surface area contributed by atoms with Gasteiger partial charge in [0.2, 0.25) is 0 Å². The second kappa shape index (κ2) is 2.20. The van der Waals surface area contributed by atoms with Crippen LogP contribution in [-0.2, 0) is 4.79 Å². The quantitative estimate of drug-likeness (QED) is 0.584. The Kier molecular flexibility index (Phi) is 1.64. The maximum Gasteiger partial charge on any atom is 0.323 e. The number of aliphatic carboxylic acids is 1. The summed E-state index contributed by atoms with van der Waals surface area (Å²) in [4.78, 5) is 10.3. The predicted octanol–water partition coefficient (Wildman–Crippen LogP) is 0.148. The zero-order valence-electron chi connectivity index (χ0n) is 5.51. The van der Waals surface area contributed by atoms with Gasteiger partial charge >= 0.3 is 5.97 Å². The Morgan fingerprint density at radius 3 is 2.60 bits per heavy atom. The van der Waals surface area contributed by atoms with Crippen molar-refractivity contribution in [3.05, 3.63) is 0 Å². The van der Waals surface area contributed by atoms with Crippen molar-refractivity contribution in [2.45, 2.75) is 18.4 Å². The summed E-state index contributed by atoms with van der Waals surface area (Å²) in [6, 6.07) is 0. The van der Waals surface area contributed by atoms with Crippen LogP contribution >= 0.6 is 0 Å². The molecule has 0 aliphatic heterocycles. The standard InChI is InChI=1S/C6H10FNO2/c7-3-4-1-6(8,2-4)5(9)10/h4H,1-3,8H2,(H,9,10)/t4-,6+. The first kappa shape index (κ1) is 7.47. The van der Waals surface area contributed by atoms with E-state index in [9.17, 15) is 9.18 Å². The van der Waals surface area contributed by atoms with Crippen molar-refractivity contribution in [2.24, 2.45) is 11.7 Å². The molecule has 1 rings (SSSR count). The molecule has 0 radical (unpaired) electrons. The van der Waals surface area contributed by atoms with Crippen LogP contribution in [0.1, 0.15) is 12.8 Å². The molecule has 3 nitrogen and oxygen atoms in total. The number of carbonyl (C=O) groups is 1. The van der Waals surface area contributed by atoms with Crippen molar-refractivity contribution in [3.8, 4) is 0 Å². The van der Waals surface area contributed by atoms with E-state index in [2.05, 4.69) is 0 Å². The van der Waals surface area contributed by atoms with E-state index < -0.39 is 18.2 Å². The molecule has 1 aliphatic rings. The molecule has 0 atom stereocenters. The van der Waals surface area contributed by atoms with E-state index in [1.165, 1.54) is 0 Å². The highest BCUT2D eigenvalue weighted by molar-refractivity contribution is 5.79. The van der Waals surface area contributed by atoms with Crippen molar-refractivity contribution in [1.82, 2.24) is 0 Å². The summed E-state index contributed by atoms with van der Waals surface area (Å²) in [6.07, 6.45) is 0.553. The van der Waals surface area contributed by atoms with E-state index >= 15 is 0 Å². The largest absolute Gasteiger partial charge is 0.480 e. The molecule has 0 aromatic heterocycles. The summed E-state index contributed by atoms with van der Waals surface area (Å²) in [5, 5.41) is 8.46. The van der Waals surface area contributed by atoms with Crippen molar-refractivity contribution in [3.63, 3.8) is 0 Å². The molecule has 0 aromatic rings. The summed E-state index contributed by atoms with van der Waals surface area (Å²) < 4.78 is 11.8. The van der Waals surface area contributed by atoms with Crippen LogP contribution in [0.2, 0.25) is 0 Å². The topological polar surface area (TPSA) is 63.3 Å². The van der Waals surface area contributed by atoms with Gasteiger partial charge in [-0.05, 0) is 18.8 Å². The first-order valence-electron chi connectivity index (χ1n) is 3.17. The molecule has 0 saturated heterocycles. The fourth-order valence-electron chi connectivity index (χ4n) is 1.25. The summed E-state index contributed by atoms with van der Waals surface area (Å²) >= 11 is 0. The van der Waals surface area contributed by atoms with E-state index in [0.29, 0.717) is 0 Å². The van der Waals surface area contributed by atoms with Gasteiger partial charge in [0.15, 0.2) is 0 Å². The van der Waals surface area contributed by atoms with Gasteiger partial charge in [0.25, 0.3) is 0 Å². The maximum absolute atomic E-state index is 11.8. The smallest absolute Gasteiger partial charge is 0.323 e. The van der Waals surface area contributed by atoms with Crippen LogP contribution < -0.4 is 5.73 Å². The normalized spacial score (nSPS) is 38.8. The second-order valence-electron chi connectivity index (χ2n) is 2.89. The second-order valence-corrected chi connectivity index (χ2v) is 2.89. The van der Waals surface area contributed by atoms with Gasteiger partial charge in [0.05, 0.1) is 6.67 Å². The zero-order chi connectivity index (χ0) is 7.78. The van der Waals surface area contributed by atoms with Crippen LogP contribution in [0.15, 0.2) is 0 Å². The monoisotopic (exact) mass is 147 g/mol. The minimum absolute atomic E-state index is 0.124. The molecule has 4 heteroatoms. The van der Waals surface area contributed by atoms with Crippen LogP contribution in [0.3, 0.4) is 0 Å². The molecule has 0 amide bonds. The number of carboxylic acids is 1. The average molecular weight is 147 g/mol. The lowest BCUT2D eigenvalue weighted by molar-refractivity contribution is -0.149. The van der Waals surface area contributed by atoms with E-state index in [0.717, 1.165) is 0 Å². The first-order valence-corrected chi connectivity index (χ1v) is 3.17. The van der Waals surface area contributed by atoms with Crippen molar-refractivity contribution >= 4 is 5.97 Å². The fourth-order valence-corrected chi connectivity index (χ4v) is 1.25. The van der Waals surface area contributed by atoms with Crippen LogP contribution in [-0.4, -0.2) is 23.3 Å². The zero-order valence-corrected chi connectivity index (χ0v) is 5.51. The molecular weight excluding hydrogens is 137 g/mol. The van der Waals surface area contributed by atoms with Crippen LogP contribution in [0.25, 0.3) is 0 Å². The van der Waals surface area contributed by atoms with Gasteiger partial charge < -0.3 is 10.8 Å². The average Bonchev–Trinajstić information content (AvgIpc) is 1.80. The predicted molar refractivity (Wildman–Crippen MR) is 33.3 cm³/mol. The highest BCUT2D eigenvalue weighted by Crippen LogP contribution is 2.35. The van der Waals surface area contributed by atoms with Crippen molar-refractivity contribution < 1.29 is 14.3 Å². The number of carboxylic acid groups (broad SMARTS) is 1. The summed E-state index contributed by atoms with van der Waals surface area (Å²) in [7, 11) is 0. The minimum Gasteiger partial charge on any atom is -0.480 e. The Hall–Kier alpha value is -0.640. The third-order valence-corrected chi connectivity index (χ3v) is 1.95. The van der Waals surface area contributed by atoms with Gasteiger partial charge in [0.1, 0.15) is 5.54 Å². The molecule has 0 heterocycles. The maximum atomic E-state index is 11.8. The van der Waals surface area contributed by atoms with Gasteiger partial charge in [-0.2, -0.15) is 0 Å². The number of halogens is 1. The Labute approximate surface area is 58.0 Å². The third-order valence-electron chi connectivity index (χ3n) is 1.95. The Morgan fingerprint density at radius 2 is 2.30 bits per heavy atom. The molecule has 3 N–H and O–H groups in total. The molecule has 1 saturated carbocycles. The molecule has 58 valence electrons. The van der Waals surface area contributed by atoms with Gasteiger partial charge in [-0.3, -0.25) is 9.18 Å². The number of nitrogens with two attached hydrogens (primary N) is 1. The molecule has 0 aromatic carbocycles. The molecule has 0 unspecified atom stereocenters. The fraction of sp³-hybridized carbons (Fsp3) is 0.833. The van der Waals surface area contributed by atoms with Crippen molar-refractivity contribution in [1.29, 1.82) is 0 Å². The number of hydrogen-bond donors (Lipinski definition) is 2. The van der Waals surface area contributed by atoms with Crippen molar-refractivity contribution in [2.75, 3.05) is 6.67 Å². The molecular formula is C6H10FNO2. The molecule has 0 spiro atoms. The first-order chi connectivity index (χ1) is 4.58. The minimum atomic E-state index is -1.13. The third kappa shape index (κ3) is 0.988. The Morgan fingerprint density at radius 1 is 1.80 bits per heavy atom. The SMILES string of the molecule is N[C@]1(C(=O)O)C[C@H](CF)C1. The summed E-state index contributed by atoms with van der Waals surface area (Å²) in [5.41, 5.74) is 4.22. The van der Waals surface area contributed by atoms with Gasteiger partial charge in [-0.15, -0.1) is 0 Å². The van der Waals surface area contributed by atoms with Crippen LogP contribution in [0, 0.1) is 5.92 Å². The number of hydrogen-bond acceptors (Lipinski definition) is 2. The molecule has 1 aliphatic carbocycles. The van der Waals surface area contributed by atoms with Crippen LogP contribution in [0.5, 0.6) is 0 Å². The van der Waals surface area contributed by atoms with E-state index in [1.54, 1.807) is 0 Å². The summed E-state index contributed by atoms with van der Waals surface area (Å²) in [5.74, 6) is -1.14. The molecule has 1 fully saturated rings. The van der Waals surface area contributed by atoms with E-state index in [-0.39, 0.29) is 18.8 Å². The van der Waals surface area contributed by atoms with Crippen LogP contribution in [0.4, 0.5) is 4.39 Å². The van der Waals surface area contributed by atoms with Gasteiger partial charge in [-0.25, -0.2) is 0 Å². The highest BCUT2D eigenvalue weighted by Gasteiger charge is 2.47. The lowest BCUT2D eigenvalue weighted by atomic mass is 9.69.